The van der Waals surface area contributed by atoms with Crippen molar-refractivity contribution in [2.24, 2.45) is 0 Å². The average Bonchev–Trinajstić information content (AvgIpc) is 3.15. The summed E-state index contributed by atoms with van der Waals surface area (Å²) in [5.74, 6) is 1.85. The number of hydrogen-bond acceptors (Lipinski definition) is 12. The molecule has 54 heavy (non-hydrogen) atoms. The highest BCUT2D eigenvalue weighted by molar-refractivity contribution is 8.79. The molecule has 2 aromatic heterocycles. The van der Waals surface area contributed by atoms with E-state index in [0.717, 1.165) is 59.7 Å². The van der Waals surface area contributed by atoms with Gasteiger partial charge in [0.05, 0.1) is 26.3 Å². The first kappa shape index (κ1) is 47.0. The number of carbonyl (C=O) groups excluding carboxylic acids is 2. The van der Waals surface area contributed by atoms with Gasteiger partial charge in [0.2, 0.25) is 12.8 Å². The smallest absolute Gasteiger partial charge is 0.214 e. The number of allylic oxidation sites excluding steroid dienone is 2. The fourth-order valence-electron chi connectivity index (χ4n) is 5.59. The topological polar surface area (TPSA) is 163 Å². The molecule has 2 rings (SSSR count). The SMILES string of the molecule is CCCCCCCCOCC/C(SS/C(CCOCCCCCCCC)=C(/C)N(C=O)Cc1cnc(C)nc1N)=C(\C)N(C=O)Cc1cnc(C)nc1N. The molecular weight excluding hydrogens is 721 g/mol. The van der Waals surface area contributed by atoms with Gasteiger partial charge in [-0.05, 0) is 40.5 Å². The summed E-state index contributed by atoms with van der Waals surface area (Å²) in [5, 5.41) is 0. The number of hydrogen-bond donors (Lipinski definition) is 2. The highest BCUT2D eigenvalue weighted by Crippen LogP contribution is 2.43. The van der Waals surface area contributed by atoms with Crippen LogP contribution in [0, 0.1) is 13.8 Å². The third kappa shape index (κ3) is 18.4. The van der Waals surface area contributed by atoms with Crippen molar-refractivity contribution in [1.82, 2.24) is 29.7 Å². The van der Waals surface area contributed by atoms with Crippen LogP contribution in [-0.4, -0.2) is 69.0 Å². The van der Waals surface area contributed by atoms with Crippen LogP contribution >= 0.6 is 21.6 Å². The maximum atomic E-state index is 12.5. The monoisotopic (exact) mass is 786 g/mol. The molecule has 302 valence electrons. The minimum atomic E-state index is 0.238. The average molecular weight is 787 g/mol. The van der Waals surface area contributed by atoms with E-state index in [-0.39, 0.29) is 13.1 Å². The Labute approximate surface area is 332 Å². The lowest BCUT2D eigenvalue weighted by Crippen LogP contribution is -2.22. The second kappa shape index (κ2) is 28.2. The van der Waals surface area contributed by atoms with Crippen LogP contribution in [0.15, 0.2) is 33.6 Å². The predicted octanol–water partition coefficient (Wildman–Crippen LogP) is 9.04. The van der Waals surface area contributed by atoms with E-state index in [1.807, 2.05) is 13.8 Å². The Kier molecular flexibility index (Phi) is 24.6. The first-order valence-corrected chi connectivity index (χ1v) is 21.8. The molecule has 0 aliphatic heterocycles. The van der Waals surface area contributed by atoms with Crippen LogP contribution in [-0.2, 0) is 32.2 Å². The van der Waals surface area contributed by atoms with Crippen molar-refractivity contribution in [2.45, 2.75) is 145 Å². The Morgan fingerprint density at radius 1 is 0.630 bits per heavy atom. The Hall–Kier alpha value is -3.20. The maximum absolute atomic E-state index is 12.5. The van der Waals surface area contributed by atoms with Gasteiger partial charge in [0, 0.05) is 70.8 Å². The molecule has 0 aliphatic carbocycles. The Balaban J connectivity index is 2.30. The van der Waals surface area contributed by atoms with Gasteiger partial charge in [-0.1, -0.05) is 99.6 Å². The van der Waals surface area contributed by atoms with Crippen LogP contribution < -0.4 is 11.5 Å². The first-order chi connectivity index (χ1) is 26.1. The molecule has 0 saturated heterocycles. The zero-order valence-electron chi connectivity index (χ0n) is 33.7. The van der Waals surface area contributed by atoms with Crippen molar-refractivity contribution in [3.05, 3.63) is 56.4 Å². The summed E-state index contributed by atoms with van der Waals surface area (Å²) in [7, 11) is 3.14. The third-order valence-electron chi connectivity index (χ3n) is 9.12. The lowest BCUT2D eigenvalue weighted by atomic mass is 10.1. The number of amides is 2. The molecule has 0 bridgehead atoms. The van der Waals surface area contributed by atoms with E-state index in [1.54, 1.807) is 57.6 Å². The molecule has 4 N–H and O–H groups in total. The van der Waals surface area contributed by atoms with Crippen molar-refractivity contribution in [1.29, 1.82) is 0 Å². The summed E-state index contributed by atoms with van der Waals surface area (Å²) in [4.78, 5) is 47.4. The van der Waals surface area contributed by atoms with Crippen LogP contribution in [0.25, 0.3) is 0 Å². The number of nitrogen functional groups attached to an aromatic ring is 2. The number of nitrogens with two attached hydrogens (primary N) is 2. The summed E-state index contributed by atoms with van der Waals surface area (Å²) in [6.45, 7) is 14.8. The number of unbranched alkanes of at least 4 members (excludes halogenated alkanes) is 10. The molecule has 2 aromatic rings. The van der Waals surface area contributed by atoms with Crippen LogP contribution in [0.3, 0.4) is 0 Å². The van der Waals surface area contributed by atoms with Gasteiger partial charge in [-0.25, -0.2) is 19.9 Å². The molecule has 14 heteroatoms. The number of anilines is 2. The normalized spacial score (nSPS) is 12.3. The van der Waals surface area contributed by atoms with Crippen LogP contribution in [0.5, 0.6) is 0 Å². The van der Waals surface area contributed by atoms with E-state index in [2.05, 4.69) is 33.8 Å². The highest BCUT2D eigenvalue weighted by Gasteiger charge is 2.19. The molecule has 0 atom stereocenters. The van der Waals surface area contributed by atoms with E-state index in [0.29, 0.717) is 73.7 Å². The molecule has 2 heterocycles. The van der Waals surface area contributed by atoms with Gasteiger partial charge in [-0.2, -0.15) is 0 Å². The zero-order valence-corrected chi connectivity index (χ0v) is 35.4. The van der Waals surface area contributed by atoms with E-state index in [1.165, 1.54) is 51.4 Å². The molecule has 12 nitrogen and oxygen atoms in total. The number of rotatable bonds is 31. The van der Waals surface area contributed by atoms with Crippen molar-refractivity contribution in [3.63, 3.8) is 0 Å². The number of carbonyl (C=O) groups is 2. The van der Waals surface area contributed by atoms with Crippen molar-refractivity contribution >= 4 is 46.0 Å². The molecule has 0 radical (unpaired) electrons. The van der Waals surface area contributed by atoms with E-state index in [4.69, 9.17) is 20.9 Å². The molecule has 0 saturated carbocycles. The van der Waals surface area contributed by atoms with Gasteiger partial charge >= 0.3 is 0 Å². The van der Waals surface area contributed by atoms with Gasteiger partial charge in [-0.15, -0.1) is 0 Å². The van der Waals surface area contributed by atoms with Crippen molar-refractivity contribution in [3.8, 4) is 0 Å². The number of aryl methyl sites for hydroxylation is 2. The minimum absolute atomic E-state index is 0.238. The summed E-state index contributed by atoms with van der Waals surface area (Å²) in [6, 6.07) is 0. The summed E-state index contributed by atoms with van der Waals surface area (Å²) >= 11 is 0. The molecule has 0 spiro atoms. The summed E-state index contributed by atoms with van der Waals surface area (Å²) < 4.78 is 12.2. The van der Waals surface area contributed by atoms with Gasteiger partial charge < -0.3 is 30.7 Å². The standard InChI is InChI=1S/C40H66N8O4S2/c1-7-9-11-13-15-17-21-51-23-19-37(31(3)47(29-49)27-35-25-43-33(5)45-39(35)41)53-54-38(20-24-52-22-18-16-14-12-10-8-2)32(4)48(30-50)28-36-26-44-34(6)46-40(36)42/h25-26,29-30H,7-24,27-28H2,1-6H3,(H2,41,43,45)(H2,42,44,46)/b37-31-,38-32-. The molecular formula is C40H66N8O4S2. The number of nitrogens with zero attached hydrogens (tertiary/aromatic N) is 6. The van der Waals surface area contributed by atoms with Gasteiger partial charge in [0.15, 0.2) is 0 Å². The van der Waals surface area contributed by atoms with E-state index >= 15 is 0 Å². The van der Waals surface area contributed by atoms with Gasteiger partial charge in [0.1, 0.15) is 23.3 Å². The maximum Gasteiger partial charge on any atom is 0.214 e. The van der Waals surface area contributed by atoms with Gasteiger partial charge in [0.25, 0.3) is 0 Å². The van der Waals surface area contributed by atoms with E-state index in [9.17, 15) is 9.59 Å². The summed E-state index contributed by atoms with van der Waals surface area (Å²) in [6.07, 6.45) is 20.6. The van der Waals surface area contributed by atoms with Crippen molar-refractivity contribution < 1.29 is 19.1 Å². The van der Waals surface area contributed by atoms with Crippen LogP contribution in [0.2, 0.25) is 0 Å². The first-order valence-electron chi connectivity index (χ1n) is 19.6. The molecule has 0 aromatic carbocycles. The van der Waals surface area contributed by atoms with E-state index < -0.39 is 0 Å². The Morgan fingerprint density at radius 2 is 1.00 bits per heavy atom. The lowest BCUT2D eigenvalue weighted by Gasteiger charge is -2.24. The third-order valence-corrected chi connectivity index (χ3v) is 12.1. The molecule has 0 fully saturated rings. The Morgan fingerprint density at radius 3 is 1.35 bits per heavy atom. The largest absolute Gasteiger partial charge is 0.383 e. The fourth-order valence-corrected chi connectivity index (χ4v) is 8.43. The quantitative estimate of drug-likeness (QED) is 0.0424. The van der Waals surface area contributed by atoms with Crippen LogP contribution in [0.1, 0.15) is 140 Å². The van der Waals surface area contributed by atoms with Crippen LogP contribution in [0.4, 0.5) is 11.6 Å². The van der Waals surface area contributed by atoms with Gasteiger partial charge in [-0.3, -0.25) is 9.59 Å². The second-order valence-electron chi connectivity index (χ2n) is 13.6. The lowest BCUT2D eigenvalue weighted by molar-refractivity contribution is -0.117. The molecule has 0 aliphatic rings. The van der Waals surface area contributed by atoms with Crippen molar-refractivity contribution in [2.75, 3.05) is 37.9 Å². The molecule has 2 amide bonds. The fraction of sp³-hybridized carbons (Fsp3) is 0.650. The predicted molar refractivity (Wildman–Crippen MR) is 224 cm³/mol. The minimum Gasteiger partial charge on any atom is -0.383 e. The number of aromatic nitrogens is 4. The Bertz CT molecular complexity index is 1350. The second-order valence-corrected chi connectivity index (χ2v) is 15.9. The zero-order chi connectivity index (χ0) is 39.6. The highest BCUT2D eigenvalue weighted by atomic mass is 33.1. The molecule has 0 unspecified atom stereocenters. The summed E-state index contributed by atoms with van der Waals surface area (Å²) in [5.41, 5.74) is 15.3. The number of ether oxygens (including phenoxy) is 2.